The number of imidazole rings is 1. The van der Waals surface area contributed by atoms with E-state index in [1.807, 2.05) is 13.1 Å². The van der Waals surface area contributed by atoms with Crippen molar-refractivity contribution in [3.63, 3.8) is 0 Å². The first-order chi connectivity index (χ1) is 17.5. The van der Waals surface area contributed by atoms with Gasteiger partial charge in [-0.3, -0.25) is 9.20 Å². The zero-order chi connectivity index (χ0) is 25.2. The van der Waals surface area contributed by atoms with Gasteiger partial charge in [-0.05, 0) is 76.0 Å². The Kier molecular flexibility index (Phi) is 7.82. The number of anilines is 1. The van der Waals surface area contributed by atoms with Gasteiger partial charge in [-0.2, -0.15) is 0 Å². The second-order valence-corrected chi connectivity index (χ2v) is 11.6. The van der Waals surface area contributed by atoms with E-state index in [0.717, 1.165) is 56.7 Å². The Hall–Kier alpha value is -2.18. The minimum atomic E-state index is -0.763. The number of amides is 1. The van der Waals surface area contributed by atoms with E-state index in [1.165, 1.54) is 30.7 Å². The van der Waals surface area contributed by atoms with Gasteiger partial charge < -0.3 is 10.2 Å². The molecule has 0 bridgehead atoms. The van der Waals surface area contributed by atoms with E-state index in [9.17, 15) is 9.18 Å². The minimum Gasteiger partial charge on any atom is -0.354 e. The van der Waals surface area contributed by atoms with E-state index in [4.69, 9.17) is 9.97 Å². The van der Waals surface area contributed by atoms with Crippen molar-refractivity contribution >= 4 is 17.4 Å². The SMILES string of the molecule is CCC(c1nc2c(N3CCCCC3)nccn2c1C1CCC2CC(=O)N[C@H]2CC1)[C@H](C)C[C@@H](F)CC. The minimum absolute atomic E-state index is 0.216. The Labute approximate surface area is 215 Å². The van der Waals surface area contributed by atoms with Crippen LogP contribution in [0.25, 0.3) is 5.65 Å². The van der Waals surface area contributed by atoms with Crippen molar-refractivity contribution in [2.75, 3.05) is 18.0 Å². The first-order valence-electron chi connectivity index (χ1n) is 14.5. The average Bonchev–Trinajstić information content (AvgIpc) is 3.38. The lowest BCUT2D eigenvalue weighted by molar-refractivity contribution is -0.119. The fourth-order valence-electron chi connectivity index (χ4n) is 7.20. The van der Waals surface area contributed by atoms with E-state index in [2.05, 4.69) is 34.7 Å². The maximum atomic E-state index is 14.5. The lowest BCUT2D eigenvalue weighted by Crippen LogP contribution is -2.30. The van der Waals surface area contributed by atoms with Crippen molar-refractivity contribution in [1.29, 1.82) is 0 Å². The molecule has 1 N–H and O–H groups in total. The normalized spacial score (nSPS) is 27.4. The van der Waals surface area contributed by atoms with Crippen LogP contribution < -0.4 is 10.2 Å². The predicted octanol–water partition coefficient (Wildman–Crippen LogP) is 6.15. The van der Waals surface area contributed by atoms with E-state index in [-0.39, 0.29) is 17.7 Å². The summed E-state index contributed by atoms with van der Waals surface area (Å²) in [5, 5.41) is 3.23. The monoisotopic (exact) mass is 497 g/mol. The molecule has 2 aromatic heterocycles. The number of piperidine rings is 1. The van der Waals surface area contributed by atoms with Crippen LogP contribution in [-0.4, -0.2) is 45.6 Å². The highest BCUT2D eigenvalue weighted by Gasteiger charge is 2.38. The average molecular weight is 498 g/mol. The van der Waals surface area contributed by atoms with Gasteiger partial charge in [0, 0.05) is 55.5 Å². The van der Waals surface area contributed by atoms with Gasteiger partial charge in [-0.25, -0.2) is 14.4 Å². The second-order valence-electron chi connectivity index (χ2n) is 11.6. The molecule has 3 aliphatic rings. The quantitative estimate of drug-likeness (QED) is 0.475. The van der Waals surface area contributed by atoms with E-state index >= 15 is 0 Å². The summed E-state index contributed by atoms with van der Waals surface area (Å²) < 4.78 is 16.8. The molecule has 7 heteroatoms. The summed E-state index contributed by atoms with van der Waals surface area (Å²) >= 11 is 0. The summed E-state index contributed by atoms with van der Waals surface area (Å²) in [4.78, 5) is 24.6. The Morgan fingerprint density at radius 1 is 1.11 bits per heavy atom. The highest BCUT2D eigenvalue weighted by Crippen LogP contribution is 2.43. The summed E-state index contributed by atoms with van der Waals surface area (Å²) in [6, 6.07) is 0.313. The van der Waals surface area contributed by atoms with Crippen molar-refractivity contribution in [3.05, 3.63) is 23.8 Å². The molecular weight excluding hydrogens is 453 g/mol. The third-order valence-electron chi connectivity index (χ3n) is 9.25. The van der Waals surface area contributed by atoms with Crippen LogP contribution >= 0.6 is 0 Å². The molecule has 198 valence electrons. The number of carbonyl (C=O) groups excluding carboxylic acids is 1. The number of nitrogens with one attached hydrogen (secondary N) is 1. The number of hydrogen-bond donors (Lipinski definition) is 1. The molecule has 4 heterocycles. The zero-order valence-corrected chi connectivity index (χ0v) is 22.4. The number of halogens is 1. The number of hydrogen-bond acceptors (Lipinski definition) is 4. The van der Waals surface area contributed by atoms with Crippen LogP contribution in [0, 0.1) is 11.8 Å². The Bertz CT molecular complexity index is 1030. The van der Waals surface area contributed by atoms with Crippen molar-refractivity contribution in [1.82, 2.24) is 19.7 Å². The topological polar surface area (TPSA) is 62.5 Å². The van der Waals surface area contributed by atoms with Crippen LogP contribution in [0.2, 0.25) is 0 Å². The smallest absolute Gasteiger partial charge is 0.220 e. The number of nitrogens with zero attached hydrogens (tertiary/aromatic N) is 4. The Morgan fingerprint density at radius 3 is 2.64 bits per heavy atom. The molecule has 1 aliphatic carbocycles. The molecule has 2 saturated heterocycles. The molecular formula is C29H44FN5O. The van der Waals surface area contributed by atoms with Crippen LogP contribution in [-0.2, 0) is 4.79 Å². The number of alkyl halides is 1. The maximum Gasteiger partial charge on any atom is 0.220 e. The van der Waals surface area contributed by atoms with Crippen LogP contribution in [0.4, 0.5) is 10.2 Å². The van der Waals surface area contributed by atoms with Gasteiger partial charge in [0.05, 0.1) is 5.69 Å². The first kappa shape index (κ1) is 25.5. The Morgan fingerprint density at radius 2 is 1.89 bits per heavy atom. The molecule has 5 rings (SSSR count). The molecule has 6 atom stereocenters. The fraction of sp³-hybridized carbons (Fsp3) is 0.759. The van der Waals surface area contributed by atoms with E-state index in [1.54, 1.807) is 0 Å². The van der Waals surface area contributed by atoms with Crippen LogP contribution in [0.3, 0.4) is 0 Å². The molecule has 2 aliphatic heterocycles. The van der Waals surface area contributed by atoms with Gasteiger partial charge in [0.1, 0.15) is 6.17 Å². The van der Waals surface area contributed by atoms with Gasteiger partial charge in [-0.15, -0.1) is 0 Å². The molecule has 1 saturated carbocycles. The Balaban J connectivity index is 1.56. The second kappa shape index (κ2) is 11.1. The zero-order valence-electron chi connectivity index (χ0n) is 22.4. The van der Waals surface area contributed by atoms with Gasteiger partial charge in [-0.1, -0.05) is 20.8 Å². The largest absolute Gasteiger partial charge is 0.354 e. The van der Waals surface area contributed by atoms with Crippen LogP contribution in [0.1, 0.15) is 115 Å². The van der Waals surface area contributed by atoms with Crippen molar-refractivity contribution in [2.45, 2.75) is 115 Å². The molecule has 0 spiro atoms. The lowest BCUT2D eigenvalue weighted by Gasteiger charge is -2.27. The lowest BCUT2D eigenvalue weighted by atomic mass is 9.81. The van der Waals surface area contributed by atoms with Gasteiger partial charge in [0.15, 0.2) is 11.5 Å². The predicted molar refractivity (Wildman–Crippen MR) is 142 cm³/mol. The molecule has 36 heavy (non-hydrogen) atoms. The van der Waals surface area contributed by atoms with Gasteiger partial charge in [0.2, 0.25) is 5.91 Å². The number of rotatable bonds is 8. The highest BCUT2D eigenvalue weighted by atomic mass is 19.1. The third-order valence-corrected chi connectivity index (χ3v) is 9.25. The molecule has 0 radical (unpaired) electrons. The maximum absolute atomic E-state index is 14.5. The standard InChI is InChI=1S/C29H44FN5O/c1-4-22(30)17-19(3)23(5-2)26-27(20-9-10-21-18-25(36)32-24(21)12-11-20)35-16-13-31-28(29(35)33-26)34-14-7-6-8-15-34/h13,16,19-24H,4-12,14-15,17-18H2,1-3H3,(H,32,36)/t19-,20?,21?,22+,23?,24+/m1/s1. The molecule has 1 amide bonds. The van der Waals surface area contributed by atoms with Crippen LogP contribution in [0.15, 0.2) is 12.4 Å². The van der Waals surface area contributed by atoms with Gasteiger partial charge in [0.25, 0.3) is 0 Å². The van der Waals surface area contributed by atoms with Crippen molar-refractivity contribution in [2.24, 2.45) is 11.8 Å². The molecule has 6 nitrogen and oxygen atoms in total. The summed E-state index contributed by atoms with van der Waals surface area (Å²) in [6.07, 6.45) is 13.9. The van der Waals surface area contributed by atoms with Crippen LogP contribution in [0.5, 0.6) is 0 Å². The van der Waals surface area contributed by atoms with Crippen molar-refractivity contribution < 1.29 is 9.18 Å². The van der Waals surface area contributed by atoms with E-state index in [0.29, 0.717) is 37.1 Å². The molecule has 2 aromatic rings. The summed E-state index contributed by atoms with van der Waals surface area (Å²) in [7, 11) is 0. The van der Waals surface area contributed by atoms with Crippen molar-refractivity contribution in [3.8, 4) is 0 Å². The molecule has 3 fully saturated rings. The number of fused-ring (bicyclic) bond motifs is 2. The van der Waals surface area contributed by atoms with E-state index < -0.39 is 6.17 Å². The number of aromatic nitrogens is 3. The fourth-order valence-corrected chi connectivity index (χ4v) is 7.20. The summed E-state index contributed by atoms with van der Waals surface area (Å²) in [5.74, 6) is 2.51. The number of carbonyl (C=O) groups is 1. The highest BCUT2D eigenvalue weighted by molar-refractivity contribution is 5.79. The summed E-state index contributed by atoms with van der Waals surface area (Å²) in [6.45, 7) is 8.44. The third kappa shape index (κ3) is 4.99. The summed E-state index contributed by atoms with van der Waals surface area (Å²) in [5.41, 5.74) is 3.46. The molecule has 0 aromatic carbocycles. The first-order valence-corrected chi connectivity index (χ1v) is 14.5. The molecule has 3 unspecified atom stereocenters. The van der Waals surface area contributed by atoms with Gasteiger partial charge >= 0.3 is 0 Å².